The summed E-state index contributed by atoms with van der Waals surface area (Å²) in [4.78, 5) is 14.7. The highest BCUT2D eigenvalue weighted by Gasteiger charge is 2.33. The minimum Gasteiger partial charge on any atom is -0.390 e. The molecule has 0 fully saturated rings. The summed E-state index contributed by atoms with van der Waals surface area (Å²) >= 11 is 0.799. The second kappa shape index (κ2) is 5.13. The number of halogens is 3. The van der Waals surface area contributed by atoms with Gasteiger partial charge in [0.1, 0.15) is 18.2 Å². The van der Waals surface area contributed by atoms with Crippen LogP contribution in [0.2, 0.25) is 0 Å². The number of methoxy groups -OCH3 is 1. The zero-order chi connectivity index (χ0) is 14.0. The number of hydrogen-bond donors (Lipinski definition) is 0. The number of nitrogens with zero attached hydrogens (tertiary/aromatic N) is 3. The standard InChI is InChI=1S/C9H8F3N3O3S/c1-17-3-6-14-15(8(16)18-6)2-7-13-5(4-19-7)9(10,11)12/h4H,2-3H2,1H3. The molecule has 0 saturated carbocycles. The summed E-state index contributed by atoms with van der Waals surface area (Å²) < 4.78 is 47.4. The molecule has 2 aromatic rings. The topological polar surface area (TPSA) is 70.2 Å². The first kappa shape index (κ1) is 13.7. The van der Waals surface area contributed by atoms with E-state index in [1.54, 1.807) is 0 Å². The zero-order valence-electron chi connectivity index (χ0n) is 9.60. The molecule has 2 aromatic heterocycles. The summed E-state index contributed by atoms with van der Waals surface area (Å²) in [6.45, 7) is -0.166. The van der Waals surface area contributed by atoms with E-state index in [1.807, 2.05) is 0 Å². The maximum absolute atomic E-state index is 12.3. The van der Waals surface area contributed by atoms with Gasteiger partial charge in [0.2, 0.25) is 5.89 Å². The Kier molecular flexibility index (Phi) is 3.71. The van der Waals surface area contributed by atoms with Gasteiger partial charge in [-0.2, -0.15) is 17.9 Å². The van der Waals surface area contributed by atoms with Gasteiger partial charge in [-0.05, 0) is 0 Å². The smallest absolute Gasteiger partial charge is 0.390 e. The number of ether oxygens (including phenoxy) is 1. The summed E-state index contributed by atoms with van der Waals surface area (Å²) in [5, 5.41) is 4.77. The van der Waals surface area contributed by atoms with Crippen molar-refractivity contribution < 1.29 is 22.3 Å². The molecule has 2 heterocycles. The molecule has 0 aliphatic carbocycles. The van der Waals surface area contributed by atoms with Gasteiger partial charge in [-0.25, -0.2) is 9.78 Å². The zero-order valence-corrected chi connectivity index (χ0v) is 10.4. The molecular formula is C9H8F3N3O3S. The Morgan fingerprint density at radius 2 is 2.26 bits per heavy atom. The van der Waals surface area contributed by atoms with Crippen molar-refractivity contribution in [2.24, 2.45) is 0 Å². The van der Waals surface area contributed by atoms with E-state index in [0.717, 1.165) is 21.4 Å². The van der Waals surface area contributed by atoms with Gasteiger partial charge in [-0.1, -0.05) is 0 Å². The van der Waals surface area contributed by atoms with Gasteiger partial charge in [0, 0.05) is 12.5 Å². The largest absolute Gasteiger partial charge is 0.437 e. The summed E-state index contributed by atoms with van der Waals surface area (Å²) in [6, 6.07) is 0. The van der Waals surface area contributed by atoms with Crippen molar-refractivity contribution in [2.45, 2.75) is 19.3 Å². The van der Waals surface area contributed by atoms with E-state index in [2.05, 4.69) is 10.1 Å². The monoisotopic (exact) mass is 295 g/mol. The molecule has 0 bridgehead atoms. The molecule has 104 valence electrons. The van der Waals surface area contributed by atoms with E-state index in [0.29, 0.717) is 0 Å². The predicted octanol–water partition coefficient (Wildman–Crippen LogP) is 1.51. The second-order valence-corrected chi connectivity index (χ2v) is 4.42. The Hall–Kier alpha value is -1.68. The number of rotatable bonds is 4. The molecule has 0 amide bonds. The summed E-state index contributed by atoms with van der Waals surface area (Å²) in [5.41, 5.74) is -0.985. The molecule has 6 nitrogen and oxygen atoms in total. The molecule has 0 aliphatic heterocycles. The van der Waals surface area contributed by atoms with Gasteiger partial charge >= 0.3 is 11.9 Å². The molecule has 0 saturated heterocycles. The van der Waals surface area contributed by atoms with Crippen LogP contribution in [0.3, 0.4) is 0 Å². The van der Waals surface area contributed by atoms with Crippen molar-refractivity contribution >= 4 is 11.3 Å². The van der Waals surface area contributed by atoms with E-state index in [-0.39, 0.29) is 24.0 Å². The number of hydrogen-bond acceptors (Lipinski definition) is 6. The average molecular weight is 295 g/mol. The van der Waals surface area contributed by atoms with Crippen molar-refractivity contribution in [3.63, 3.8) is 0 Å². The van der Waals surface area contributed by atoms with Crippen LogP contribution in [0.5, 0.6) is 0 Å². The van der Waals surface area contributed by atoms with Crippen LogP contribution in [-0.4, -0.2) is 21.9 Å². The quantitative estimate of drug-likeness (QED) is 0.855. The van der Waals surface area contributed by atoms with Crippen LogP contribution in [-0.2, 0) is 24.1 Å². The lowest BCUT2D eigenvalue weighted by atomic mass is 10.5. The number of alkyl halides is 3. The molecule has 0 aliphatic rings. The highest BCUT2D eigenvalue weighted by Crippen LogP contribution is 2.30. The molecule has 0 aromatic carbocycles. The van der Waals surface area contributed by atoms with Gasteiger partial charge < -0.3 is 9.15 Å². The second-order valence-electron chi connectivity index (χ2n) is 3.48. The van der Waals surface area contributed by atoms with E-state index in [4.69, 9.17) is 9.15 Å². The average Bonchev–Trinajstić information content (AvgIpc) is 2.87. The van der Waals surface area contributed by atoms with Crippen LogP contribution in [0.4, 0.5) is 13.2 Å². The first-order valence-corrected chi connectivity index (χ1v) is 5.85. The fourth-order valence-electron chi connectivity index (χ4n) is 1.27. The minimum atomic E-state index is -4.50. The Labute approximate surface area is 108 Å². The van der Waals surface area contributed by atoms with Gasteiger partial charge in [0.15, 0.2) is 5.69 Å². The maximum atomic E-state index is 12.3. The van der Waals surface area contributed by atoms with Crippen molar-refractivity contribution in [3.8, 4) is 0 Å². The van der Waals surface area contributed by atoms with Crippen molar-refractivity contribution in [2.75, 3.05) is 7.11 Å². The molecule has 0 N–H and O–H groups in total. The van der Waals surface area contributed by atoms with E-state index in [1.165, 1.54) is 7.11 Å². The highest BCUT2D eigenvalue weighted by atomic mass is 32.1. The normalized spacial score (nSPS) is 12.0. The van der Waals surface area contributed by atoms with Gasteiger partial charge in [0.05, 0.1) is 0 Å². The molecule has 0 radical (unpaired) electrons. The lowest BCUT2D eigenvalue weighted by Gasteiger charge is -1.99. The number of thiazole rings is 1. The maximum Gasteiger partial charge on any atom is 0.437 e. The van der Waals surface area contributed by atoms with Crippen molar-refractivity contribution in [3.05, 3.63) is 32.5 Å². The SMILES string of the molecule is COCc1nn(Cc2nc(C(F)(F)F)cs2)c(=O)o1. The summed E-state index contributed by atoms with van der Waals surface area (Å²) in [6.07, 6.45) is -4.50. The van der Waals surface area contributed by atoms with Crippen LogP contribution in [0, 0.1) is 0 Å². The molecule has 2 rings (SSSR count). The van der Waals surface area contributed by atoms with E-state index in [9.17, 15) is 18.0 Å². The van der Waals surface area contributed by atoms with Crippen LogP contribution in [0.15, 0.2) is 14.6 Å². The van der Waals surface area contributed by atoms with Crippen LogP contribution >= 0.6 is 11.3 Å². The van der Waals surface area contributed by atoms with Crippen LogP contribution in [0.25, 0.3) is 0 Å². The Morgan fingerprint density at radius 3 is 2.84 bits per heavy atom. The van der Waals surface area contributed by atoms with E-state index >= 15 is 0 Å². The summed E-state index contributed by atoms with van der Waals surface area (Å²) in [7, 11) is 1.40. The molecule has 19 heavy (non-hydrogen) atoms. The third-order valence-electron chi connectivity index (χ3n) is 2.04. The molecule has 0 atom stereocenters. The number of aromatic nitrogens is 3. The van der Waals surface area contributed by atoms with Gasteiger partial charge in [-0.15, -0.1) is 16.4 Å². The van der Waals surface area contributed by atoms with E-state index < -0.39 is 17.6 Å². The molecule has 10 heteroatoms. The van der Waals surface area contributed by atoms with Crippen molar-refractivity contribution in [1.29, 1.82) is 0 Å². The third kappa shape index (κ3) is 3.20. The predicted molar refractivity (Wildman–Crippen MR) is 57.7 cm³/mol. The Bertz CT molecular complexity index is 616. The first-order chi connectivity index (χ1) is 8.90. The highest BCUT2D eigenvalue weighted by molar-refractivity contribution is 7.09. The molecule has 0 unspecified atom stereocenters. The van der Waals surface area contributed by atoms with Crippen LogP contribution < -0.4 is 5.76 Å². The molecular weight excluding hydrogens is 287 g/mol. The molecule has 0 spiro atoms. The third-order valence-corrected chi connectivity index (χ3v) is 2.88. The lowest BCUT2D eigenvalue weighted by Crippen LogP contribution is -2.16. The van der Waals surface area contributed by atoms with Gasteiger partial charge in [-0.3, -0.25) is 0 Å². The Balaban J connectivity index is 2.17. The fraction of sp³-hybridized carbons (Fsp3) is 0.444. The summed E-state index contributed by atoms with van der Waals surface area (Å²) in [5.74, 6) is -0.712. The Morgan fingerprint density at radius 1 is 1.53 bits per heavy atom. The fourth-order valence-corrected chi connectivity index (χ4v) is 2.05. The van der Waals surface area contributed by atoms with Crippen LogP contribution in [0.1, 0.15) is 16.6 Å². The first-order valence-electron chi connectivity index (χ1n) is 4.97. The minimum absolute atomic E-state index is 0.00785. The van der Waals surface area contributed by atoms with Gasteiger partial charge in [0.25, 0.3) is 0 Å². The van der Waals surface area contributed by atoms with Crippen molar-refractivity contribution in [1.82, 2.24) is 14.8 Å². The lowest BCUT2D eigenvalue weighted by molar-refractivity contribution is -0.140.